The van der Waals surface area contributed by atoms with Gasteiger partial charge in [-0.2, -0.15) is 5.26 Å². The van der Waals surface area contributed by atoms with Gasteiger partial charge < -0.3 is 0 Å². The zero-order valence-electron chi connectivity index (χ0n) is 28.3. The van der Waals surface area contributed by atoms with Crippen LogP contribution in [0.1, 0.15) is 127 Å². The lowest BCUT2D eigenvalue weighted by Crippen LogP contribution is -2.56. The zero-order chi connectivity index (χ0) is 31.9. The second-order valence-corrected chi connectivity index (χ2v) is 16.3. The maximum atomic E-state index is 13.3. The highest BCUT2D eigenvalue weighted by atomic mass is 16.6. The number of ketones is 2. The van der Waals surface area contributed by atoms with E-state index in [0.29, 0.717) is 17.8 Å². The number of hydroxylamine groups is 1. The number of nitriles is 1. The molecule has 0 heterocycles. The molecule has 1 unspecified atom stereocenters. The van der Waals surface area contributed by atoms with E-state index >= 15 is 0 Å². The van der Waals surface area contributed by atoms with Crippen LogP contribution >= 0.6 is 0 Å². The monoisotopic (exact) mass is 580 g/mol. The number of carbonyl (C=O) groups excluding carboxylic acids is 3. The predicted octanol–water partition coefficient (Wildman–Crippen LogP) is 8.08. The summed E-state index contributed by atoms with van der Waals surface area (Å²) in [5, 5.41) is 9.94. The summed E-state index contributed by atoms with van der Waals surface area (Å²) in [4.78, 5) is 43.5. The van der Waals surface area contributed by atoms with Crippen LogP contribution in [0.25, 0.3) is 0 Å². The molecule has 3 rings (SSSR count). The summed E-state index contributed by atoms with van der Waals surface area (Å²) >= 11 is 0. The van der Waals surface area contributed by atoms with E-state index in [4.69, 9.17) is 4.84 Å². The predicted molar refractivity (Wildman–Crippen MR) is 167 cm³/mol. The Kier molecular flexibility index (Phi) is 9.52. The molecular formula is C36H56N2O4. The third-order valence-electron chi connectivity index (χ3n) is 12.5. The van der Waals surface area contributed by atoms with Crippen molar-refractivity contribution in [2.24, 2.45) is 44.3 Å². The number of hydrogen-bond donors (Lipinski definition) is 1. The molecule has 5 atom stereocenters. The average Bonchev–Trinajstić information content (AvgIpc) is 2.87. The number of carbonyl (C=O) groups is 3. The van der Waals surface area contributed by atoms with E-state index in [1.165, 1.54) is 7.11 Å². The smallest absolute Gasteiger partial charge is 0.243 e. The minimum Gasteiger partial charge on any atom is -0.295 e. The molecule has 0 radical (unpaired) electrons. The van der Waals surface area contributed by atoms with Crippen LogP contribution in [-0.2, 0) is 19.2 Å². The lowest BCUT2D eigenvalue weighted by atomic mass is 9.42. The van der Waals surface area contributed by atoms with Crippen molar-refractivity contribution >= 4 is 17.5 Å². The van der Waals surface area contributed by atoms with E-state index < -0.39 is 10.8 Å². The number of fused-ring (bicyclic) bond motifs is 1. The first-order valence-corrected chi connectivity index (χ1v) is 15.9. The Morgan fingerprint density at radius 1 is 1.12 bits per heavy atom. The fraction of sp³-hybridized carbons (Fsp3) is 0.778. The molecule has 0 spiro atoms. The van der Waals surface area contributed by atoms with Crippen molar-refractivity contribution in [1.29, 1.82) is 5.26 Å². The molecule has 1 amide bonds. The van der Waals surface area contributed by atoms with Gasteiger partial charge in [0, 0.05) is 17.3 Å². The first-order chi connectivity index (χ1) is 19.2. The summed E-state index contributed by atoms with van der Waals surface area (Å²) in [7, 11) is 1.47. The van der Waals surface area contributed by atoms with Crippen LogP contribution in [0.3, 0.4) is 0 Å². The van der Waals surface area contributed by atoms with E-state index in [0.717, 1.165) is 56.9 Å². The van der Waals surface area contributed by atoms with Crippen molar-refractivity contribution in [2.75, 3.05) is 7.11 Å². The van der Waals surface area contributed by atoms with E-state index in [-0.39, 0.29) is 45.2 Å². The van der Waals surface area contributed by atoms with Crippen molar-refractivity contribution < 1.29 is 19.2 Å². The Morgan fingerprint density at radius 3 is 2.31 bits per heavy atom. The van der Waals surface area contributed by atoms with Gasteiger partial charge in [0.05, 0.1) is 12.7 Å². The molecular weight excluding hydrogens is 524 g/mol. The standard InChI is InChI=1S/C36H56N2O4/c1-24-21-31(3,4)16-18-36(24,15-13-29(40)38-42-11)19-17-32(5,6)35(10)14-12-27-33(7,8)30(41)26(23-37)22-34(27,9)28(35)20-25(2)39/h20,22,24,27H,12-19,21H2,1-11H3,(H,38,40)/b28-20-/t24?,27-,34-,35+,36+/m0/s1. The highest BCUT2D eigenvalue weighted by molar-refractivity contribution is 6.04. The van der Waals surface area contributed by atoms with Gasteiger partial charge in [-0.3, -0.25) is 19.2 Å². The van der Waals surface area contributed by atoms with Crippen molar-refractivity contribution in [1.82, 2.24) is 5.48 Å². The SMILES string of the molecule is CONC(=O)CC[C@]1(CCC(C)(C)[C@]2(C)CC[C@H]3C(C)(C)C(=O)C(C#N)=C[C@]3(C)/C2=C/C(C)=O)CCC(C)(C)CC1C. The van der Waals surface area contributed by atoms with Gasteiger partial charge in [0.25, 0.3) is 0 Å². The normalized spacial score (nSPS) is 35.1. The van der Waals surface area contributed by atoms with Gasteiger partial charge in [-0.1, -0.05) is 74.0 Å². The molecule has 42 heavy (non-hydrogen) atoms. The Hall–Kier alpha value is -2.26. The van der Waals surface area contributed by atoms with Crippen LogP contribution in [0.5, 0.6) is 0 Å². The molecule has 0 saturated heterocycles. The summed E-state index contributed by atoms with van der Waals surface area (Å²) in [5.41, 5.74) is 2.36. The zero-order valence-corrected chi connectivity index (χ0v) is 28.3. The van der Waals surface area contributed by atoms with Crippen LogP contribution in [0.15, 0.2) is 23.3 Å². The summed E-state index contributed by atoms with van der Waals surface area (Å²) in [5.74, 6) is 0.320. The molecule has 3 aliphatic carbocycles. The van der Waals surface area contributed by atoms with Crippen molar-refractivity contribution in [3.05, 3.63) is 23.3 Å². The second-order valence-electron chi connectivity index (χ2n) is 16.3. The van der Waals surface area contributed by atoms with Gasteiger partial charge in [0.15, 0.2) is 11.6 Å². The lowest BCUT2D eigenvalue weighted by Gasteiger charge is -2.61. The quantitative estimate of drug-likeness (QED) is 0.220. The molecule has 0 aromatic heterocycles. The summed E-state index contributed by atoms with van der Waals surface area (Å²) in [6, 6.07) is 2.18. The van der Waals surface area contributed by atoms with Crippen molar-refractivity contribution in [3.63, 3.8) is 0 Å². The number of allylic oxidation sites excluding steroid dienone is 4. The molecule has 234 valence electrons. The van der Waals surface area contributed by atoms with Crippen LogP contribution in [-0.4, -0.2) is 24.6 Å². The molecule has 0 aromatic rings. The fourth-order valence-electron chi connectivity index (χ4n) is 9.33. The molecule has 2 fully saturated rings. The minimum atomic E-state index is -0.687. The number of amides is 1. The molecule has 2 saturated carbocycles. The van der Waals surface area contributed by atoms with Gasteiger partial charge in [-0.15, -0.1) is 0 Å². The summed E-state index contributed by atoms with van der Waals surface area (Å²) in [6.07, 6.45) is 12.0. The largest absolute Gasteiger partial charge is 0.295 e. The number of Topliss-reactive ketones (excluding diaryl/α,β-unsaturated/α-hetero) is 1. The molecule has 3 aliphatic rings. The Bertz CT molecular complexity index is 1200. The maximum Gasteiger partial charge on any atom is 0.243 e. The average molecular weight is 581 g/mol. The van der Waals surface area contributed by atoms with E-state index in [1.807, 2.05) is 26.0 Å². The van der Waals surface area contributed by atoms with Crippen LogP contribution in [0.4, 0.5) is 0 Å². The first-order valence-electron chi connectivity index (χ1n) is 15.9. The number of nitrogens with zero attached hydrogens (tertiary/aromatic N) is 1. The number of hydrogen-bond acceptors (Lipinski definition) is 5. The van der Waals surface area contributed by atoms with Gasteiger partial charge in [-0.25, -0.2) is 5.48 Å². The fourth-order valence-corrected chi connectivity index (χ4v) is 9.33. The lowest BCUT2D eigenvalue weighted by molar-refractivity contribution is -0.132. The topological polar surface area (TPSA) is 96.3 Å². The van der Waals surface area contributed by atoms with Crippen LogP contribution < -0.4 is 5.48 Å². The third-order valence-corrected chi connectivity index (χ3v) is 12.5. The van der Waals surface area contributed by atoms with Gasteiger partial charge in [0.1, 0.15) is 6.07 Å². The van der Waals surface area contributed by atoms with Crippen molar-refractivity contribution in [2.45, 2.75) is 127 Å². The second kappa shape index (κ2) is 11.7. The molecule has 1 N–H and O–H groups in total. The van der Waals surface area contributed by atoms with Crippen LogP contribution in [0, 0.1) is 55.7 Å². The van der Waals surface area contributed by atoms with E-state index in [2.05, 4.69) is 60.0 Å². The molecule has 0 bridgehead atoms. The van der Waals surface area contributed by atoms with Gasteiger partial charge >= 0.3 is 0 Å². The Balaban J connectivity index is 2.03. The minimum absolute atomic E-state index is 0.000673. The van der Waals surface area contributed by atoms with Crippen molar-refractivity contribution in [3.8, 4) is 6.07 Å². The highest BCUT2D eigenvalue weighted by Crippen LogP contribution is 2.67. The number of nitrogens with one attached hydrogen (secondary N) is 1. The van der Waals surface area contributed by atoms with E-state index in [9.17, 15) is 19.6 Å². The molecule has 0 aliphatic heterocycles. The summed E-state index contributed by atoms with van der Waals surface area (Å²) < 4.78 is 0. The number of rotatable bonds is 9. The van der Waals surface area contributed by atoms with Gasteiger partial charge in [-0.05, 0) is 97.9 Å². The Labute approximate surface area is 255 Å². The van der Waals surface area contributed by atoms with Crippen LogP contribution in [0.2, 0.25) is 0 Å². The third kappa shape index (κ3) is 6.05. The molecule has 6 nitrogen and oxygen atoms in total. The first kappa shape index (κ1) is 34.2. The highest BCUT2D eigenvalue weighted by Gasteiger charge is 2.61. The summed E-state index contributed by atoms with van der Waals surface area (Å²) in [6.45, 7) is 21.7. The van der Waals surface area contributed by atoms with Gasteiger partial charge in [0.2, 0.25) is 5.91 Å². The van der Waals surface area contributed by atoms with E-state index in [1.54, 1.807) is 6.92 Å². The molecule has 6 heteroatoms. The molecule has 0 aromatic carbocycles. The Morgan fingerprint density at radius 2 is 1.76 bits per heavy atom. The maximum absolute atomic E-state index is 13.3.